The lowest BCUT2D eigenvalue weighted by molar-refractivity contribution is 0.0702. The molecular formula is C28H34O2S2. The molecule has 1 atom stereocenters. The number of carboxylic acid groups (broad SMARTS) is 1. The van der Waals surface area contributed by atoms with E-state index in [9.17, 15) is 9.90 Å². The molecule has 1 N–H and O–H groups in total. The maximum atomic E-state index is 11.4. The summed E-state index contributed by atoms with van der Waals surface area (Å²) < 4.78 is 0. The average Bonchev–Trinajstić information content (AvgIpc) is 3.14. The Morgan fingerprint density at radius 3 is 1.91 bits per heavy atom. The molecule has 0 aliphatic rings. The molecule has 0 aliphatic carbocycles. The summed E-state index contributed by atoms with van der Waals surface area (Å²) >= 11 is 3.22. The van der Waals surface area contributed by atoms with E-state index in [2.05, 4.69) is 91.8 Å². The van der Waals surface area contributed by atoms with Crippen LogP contribution >= 0.6 is 23.1 Å². The lowest BCUT2D eigenvalue weighted by Gasteiger charge is -2.30. The van der Waals surface area contributed by atoms with Crippen molar-refractivity contribution in [2.45, 2.75) is 71.0 Å². The van der Waals surface area contributed by atoms with Gasteiger partial charge in [0.2, 0.25) is 0 Å². The molecule has 3 aromatic rings. The summed E-state index contributed by atoms with van der Waals surface area (Å²) in [4.78, 5) is 14.1. The van der Waals surface area contributed by atoms with Gasteiger partial charge in [-0.15, -0.1) is 23.1 Å². The summed E-state index contributed by atoms with van der Waals surface area (Å²) in [7, 11) is 0. The zero-order valence-electron chi connectivity index (χ0n) is 20.4. The molecule has 1 heterocycles. The van der Waals surface area contributed by atoms with Crippen molar-refractivity contribution in [1.29, 1.82) is 0 Å². The first-order valence-electron chi connectivity index (χ1n) is 11.0. The predicted octanol–water partition coefficient (Wildman–Crippen LogP) is 8.91. The van der Waals surface area contributed by atoms with Crippen LogP contribution in [0.4, 0.5) is 0 Å². The van der Waals surface area contributed by atoms with E-state index in [1.54, 1.807) is 6.07 Å². The zero-order chi connectivity index (χ0) is 23.8. The highest BCUT2D eigenvalue weighted by molar-refractivity contribution is 7.99. The zero-order valence-corrected chi connectivity index (χ0v) is 22.0. The van der Waals surface area contributed by atoms with Gasteiger partial charge in [0.25, 0.3) is 0 Å². The predicted molar refractivity (Wildman–Crippen MR) is 139 cm³/mol. The third kappa shape index (κ3) is 5.47. The number of carbonyl (C=O) groups is 1. The first kappa shape index (κ1) is 24.6. The molecule has 0 saturated carbocycles. The highest BCUT2D eigenvalue weighted by Crippen LogP contribution is 2.50. The Morgan fingerprint density at radius 1 is 0.906 bits per heavy atom. The molecule has 32 heavy (non-hydrogen) atoms. The molecule has 170 valence electrons. The number of hydrogen-bond donors (Lipinski definition) is 1. The second-order valence-corrected chi connectivity index (χ2v) is 12.9. The smallest absolute Gasteiger partial charge is 0.345 e. The van der Waals surface area contributed by atoms with Gasteiger partial charge in [-0.1, -0.05) is 65.8 Å². The summed E-state index contributed by atoms with van der Waals surface area (Å²) in [5.41, 5.74) is 6.56. The molecule has 0 amide bonds. The molecular weight excluding hydrogens is 432 g/mol. The molecule has 4 heteroatoms. The van der Waals surface area contributed by atoms with Gasteiger partial charge in [0.15, 0.2) is 0 Å². The number of carboxylic acids is 1. The maximum Gasteiger partial charge on any atom is 0.345 e. The summed E-state index contributed by atoms with van der Waals surface area (Å²) in [6, 6.07) is 17.2. The second kappa shape index (κ2) is 9.07. The van der Waals surface area contributed by atoms with Crippen LogP contribution in [0.25, 0.3) is 11.1 Å². The van der Waals surface area contributed by atoms with E-state index in [4.69, 9.17) is 0 Å². The number of aryl methyl sites for hydroxylation is 2. The summed E-state index contributed by atoms with van der Waals surface area (Å²) in [6.07, 6.45) is 0. The Bertz CT molecular complexity index is 1090. The van der Waals surface area contributed by atoms with Gasteiger partial charge in [0, 0.05) is 15.0 Å². The highest BCUT2D eigenvalue weighted by Gasteiger charge is 2.29. The highest BCUT2D eigenvalue weighted by atomic mass is 32.2. The fourth-order valence-electron chi connectivity index (χ4n) is 3.99. The summed E-state index contributed by atoms with van der Waals surface area (Å²) in [5.74, 6) is -0.854. The van der Waals surface area contributed by atoms with Crippen molar-refractivity contribution < 1.29 is 9.90 Å². The van der Waals surface area contributed by atoms with Crippen LogP contribution in [0.15, 0.2) is 53.4 Å². The quantitative estimate of drug-likeness (QED) is 0.381. The molecule has 0 radical (unpaired) electrons. The largest absolute Gasteiger partial charge is 0.477 e. The summed E-state index contributed by atoms with van der Waals surface area (Å²) in [5, 5.41) is 9.53. The monoisotopic (exact) mass is 466 g/mol. The van der Waals surface area contributed by atoms with Gasteiger partial charge in [-0.3, -0.25) is 0 Å². The first-order valence-corrected chi connectivity index (χ1v) is 12.7. The normalized spacial score (nSPS) is 13.2. The lowest BCUT2D eigenvalue weighted by Crippen LogP contribution is -2.14. The molecule has 0 bridgehead atoms. The molecule has 0 fully saturated rings. The van der Waals surface area contributed by atoms with Gasteiger partial charge < -0.3 is 5.11 Å². The minimum atomic E-state index is -0.854. The minimum absolute atomic E-state index is 0.00540. The van der Waals surface area contributed by atoms with Crippen LogP contribution in [0.1, 0.15) is 78.0 Å². The van der Waals surface area contributed by atoms with E-state index in [-0.39, 0.29) is 16.1 Å². The van der Waals surface area contributed by atoms with Crippen LogP contribution in [-0.4, -0.2) is 11.1 Å². The van der Waals surface area contributed by atoms with Gasteiger partial charge in [0.1, 0.15) is 4.88 Å². The van der Waals surface area contributed by atoms with E-state index in [0.29, 0.717) is 4.88 Å². The Labute approximate surface area is 201 Å². The Hall–Kier alpha value is -2.04. The standard InChI is InChI=1S/C28H34O2S2/c1-17-15-21(31-25(28(6,7)8)22-13-14-23(32-22)26(29)30)16-18(2)24(17)19-9-11-20(12-10-19)27(3,4)5/h9-16,25H,1-8H3,(H,29,30). The van der Waals surface area contributed by atoms with Crippen LogP contribution < -0.4 is 0 Å². The van der Waals surface area contributed by atoms with Crippen molar-refractivity contribution in [3.8, 4) is 11.1 Å². The fraction of sp³-hybridized carbons (Fsp3) is 0.393. The molecule has 3 rings (SSSR count). The molecule has 1 aromatic heterocycles. The van der Waals surface area contributed by atoms with Crippen LogP contribution in [0.5, 0.6) is 0 Å². The minimum Gasteiger partial charge on any atom is -0.477 e. The SMILES string of the molecule is Cc1cc(SC(c2ccc(C(=O)O)s2)C(C)(C)C)cc(C)c1-c1ccc(C(C)(C)C)cc1. The van der Waals surface area contributed by atoms with Gasteiger partial charge in [0.05, 0.1) is 0 Å². The van der Waals surface area contributed by atoms with E-state index in [1.165, 1.54) is 44.0 Å². The third-order valence-electron chi connectivity index (χ3n) is 5.68. The third-order valence-corrected chi connectivity index (χ3v) is 8.67. The van der Waals surface area contributed by atoms with Crippen LogP contribution in [-0.2, 0) is 5.41 Å². The molecule has 1 unspecified atom stereocenters. The first-order chi connectivity index (χ1) is 14.8. The van der Waals surface area contributed by atoms with Gasteiger partial charge in [-0.2, -0.15) is 0 Å². The Kier molecular flexibility index (Phi) is 6.97. The molecule has 0 aliphatic heterocycles. The molecule has 0 spiro atoms. The number of benzene rings is 2. The van der Waals surface area contributed by atoms with Crippen LogP contribution in [0.2, 0.25) is 0 Å². The van der Waals surface area contributed by atoms with Gasteiger partial charge in [-0.05, 0) is 76.8 Å². The second-order valence-electron chi connectivity index (χ2n) is 10.6. The number of aromatic carboxylic acids is 1. The van der Waals surface area contributed by atoms with E-state index in [0.717, 1.165) is 4.88 Å². The Balaban J connectivity index is 1.94. The van der Waals surface area contributed by atoms with Gasteiger partial charge >= 0.3 is 5.97 Å². The fourth-order valence-corrected chi connectivity index (χ4v) is 6.66. The van der Waals surface area contributed by atoms with E-state index < -0.39 is 5.97 Å². The molecule has 0 saturated heterocycles. The topological polar surface area (TPSA) is 37.3 Å². The maximum absolute atomic E-state index is 11.4. The molecule has 2 nitrogen and oxygen atoms in total. The van der Waals surface area contributed by atoms with Crippen molar-refractivity contribution in [2.75, 3.05) is 0 Å². The Morgan fingerprint density at radius 2 is 1.47 bits per heavy atom. The van der Waals surface area contributed by atoms with Gasteiger partial charge in [-0.25, -0.2) is 4.79 Å². The summed E-state index contributed by atoms with van der Waals surface area (Å²) in [6.45, 7) is 17.7. The average molecular weight is 467 g/mol. The van der Waals surface area contributed by atoms with Crippen molar-refractivity contribution in [2.24, 2.45) is 5.41 Å². The van der Waals surface area contributed by atoms with Crippen LogP contribution in [0, 0.1) is 19.3 Å². The number of thioether (sulfide) groups is 1. The van der Waals surface area contributed by atoms with Crippen molar-refractivity contribution in [1.82, 2.24) is 0 Å². The van der Waals surface area contributed by atoms with Crippen LogP contribution in [0.3, 0.4) is 0 Å². The number of rotatable bonds is 5. The van der Waals surface area contributed by atoms with Crippen molar-refractivity contribution >= 4 is 29.1 Å². The van der Waals surface area contributed by atoms with Crippen molar-refractivity contribution in [3.63, 3.8) is 0 Å². The number of hydrogen-bond acceptors (Lipinski definition) is 3. The number of thiophene rings is 1. The van der Waals surface area contributed by atoms with E-state index in [1.807, 2.05) is 17.8 Å². The van der Waals surface area contributed by atoms with Crippen molar-refractivity contribution in [3.05, 3.63) is 75.0 Å². The van der Waals surface area contributed by atoms with E-state index >= 15 is 0 Å². The molecule has 2 aromatic carbocycles. The lowest BCUT2D eigenvalue weighted by atomic mass is 9.85.